The first-order valence-electron chi connectivity index (χ1n) is 8.53. The van der Waals surface area contributed by atoms with Gasteiger partial charge in [-0.15, -0.1) is 0 Å². The van der Waals surface area contributed by atoms with Crippen LogP contribution in [0.3, 0.4) is 0 Å². The van der Waals surface area contributed by atoms with Gasteiger partial charge in [-0.25, -0.2) is 4.39 Å². The van der Waals surface area contributed by atoms with Crippen molar-refractivity contribution >= 4 is 11.8 Å². The normalized spacial score (nSPS) is 14.2. The fourth-order valence-electron chi connectivity index (χ4n) is 3.07. The van der Waals surface area contributed by atoms with Crippen LogP contribution in [0.25, 0.3) is 0 Å². The topological polar surface area (TPSA) is 49.9 Å². The van der Waals surface area contributed by atoms with Crippen molar-refractivity contribution in [2.45, 2.75) is 6.42 Å². The molecule has 1 aliphatic rings. The van der Waals surface area contributed by atoms with Crippen LogP contribution < -0.4 is 4.74 Å². The fraction of sp³-hybridized carbons (Fsp3) is 0.300. The Morgan fingerprint density at radius 2 is 1.58 bits per heavy atom. The molecule has 0 unspecified atom stereocenters. The largest absolute Gasteiger partial charge is 0.496 e. The molecule has 5 nitrogen and oxygen atoms in total. The zero-order valence-electron chi connectivity index (χ0n) is 14.7. The van der Waals surface area contributed by atoms with Gasteiger partial charge in [-0.2, -0.15) is 0 Å². The maximum absolute atomic E-state index is 13.7. The number of halogens is 1. The highest BCUT2D eigenvalue weighted by Gasteiger charge is 2.26. The summed E-state index contributed by atoms with van der Waals surface area (Å²) in [6, 6.07) is 13.4. The van der Waals surface area contributed by atoms with Crippen LogP contribution in [0.15, 0.2) is 48.5 Å². The number of amides is 2. The second-order valence-electron chi connectivity index (χ2n) is 6.14. The fourth-order valence-corrected chi connectivity index (χ4v) is 3.07. The number of para-hydroxylation sites is 1. The van der Waals surface area contributed by atoms with Crippen molar-refractivity contribution < 1.29 is 18.7 Å². The molecule has 2 aromatic carbocycles. The van der Waals surface area contributed by atoms with Crippen LogP contribution in [0.4, 0.5) is 4.39 Å². The molecule has 6 heteroatoms. The average Bonchev–Trinajstić information content (AvgIpc) is 2.69. The number of piperazine rings is 1. The summed E-state index contributed by atoms with van der Waals surface area (Å²) in [5, 5.41) is 0. The molecule has 0 aromatic heterocycles. The summed E-state index contributed by atoms with van der Waals surface area (Å²) in [6.07, 6.45) is 0.0348. The van der Waals surface area contributed by atoms with Crippen LogP contribution in [0.1, 0.15) is 15.9 Å². The molecule has 1 aliphatic heterocycles. The van der Waals surface area contributed by atoms with Gasteiger partial charge in [0.25, 0.3) is 5.91 Å². The molecule has 0 atom stereocenters. The first-order valence-corrected chi connectivity index (χ1v) is 8.53. The highest BCUT2D eigenvalue weighted by Crippen LogP contribution is 2.20. The SMILES string of the molecule is COc1ccccc1C(=O)N1CCN(C(=O)Cc2ccccc2F)CC1. The number of rotatable bonds is 4. The Morgan fingerprint density at radius 3 is 2.27 bits per heavy atom. The van der Waals surface area contributed by atoms with Gasteiger partial charge in [0, 0.05) is 26.2 Å². The third-order valence-electron chi connectivity index (χ3n) is 4.56. The Bertz CT molecular complexity index is 801. The number of methoxy groups -OCH3 is 1. The van der Waals surface area contributed by atoms with Gasteiger partial charge in [-0.1, -0.05) is 30.3 Å². The van der Waals surface area contributed by atoms with E-state index in [0.717, 1.165) is 0 Å². The molecule has 0 spiro atoms. The van der Waals surface area contributed by atoms with Gasteiger partial charge in [-0.05, 0) is 23.8 Å². The van der Waals surface area contributed by atoms with Crippen molar-refractivity contribution in [3.63, 3.8) is 0 Å². The maximum Gasteiger partial charge on any atom is 0.257 e. The van der Waals surface area contributed by atoms with Gasteiger partial charge >= 0.3 is 0 Å². The third kappa shape index (κ3) is 3.85. The summed E-state index contributed by atoms with van der Waals surface area (Å²) < 4.78 is 19.0. The zero-order valence-corrected chi connectivity index (χ0v) is 14.7. The Balaban J connectivity index is 1.59. The summed E-state index contributed by atoms with van der Waals surface area (Å²) in [5.41, 5.74) is 0.908. The van der Waals surface area contributed by atoms with E-state index in [1.165, 1.54) is 13.2 Å². The highest BCUT2D eigenvalue weighted by molar-refractivity contribution is 5.97. The van der Waals surface area contributed by atoms with Crippen molar-refractivity contribution in [2.75, 3.05) is 33.3 Å². The van der Waals surface area contributed by atoms with Crippen molar-refractivity contribution in [3.05, 3.63) is 65.5 Å². The molecule has 136 valence electrons. The number of nitrogens with zero attached hydrogens (tertiary/aromatic N) is 2. The number of benzene rings is 2. The van der Waals surface area contributed by atoms with E-state index in [1.807, 2.05) is 6.07 Å². The quantitative estimate of drug-likeness (QED) is 0.845. The Hall–Kier alpha value is -2.89. The van der Waals surface area contributed by atoms with Gasteiger partial charge < -0.3 is 14.5 Å². The minimum absolute atomic E-state index is 0.0348. The van der Waals surface area contributed by atoms with Crippen LogP contribution in [0.2, 0.25) is 0 Å². The van der Waals surface area contributed by atoms with Gasteiger partial charge in [0.2, 0.25) is 5.91 Å². The number of hydrogen-bond donors (Lipinski definition) is 0. The van der Waals surface area contributed by atoms with Gasteiger partial charge in [0.15, 0.2) is 0 Å². The van der Waals surface area contributed by atoms with Crippen LogP contribution in [-0.4, -0.2) is 54.9 Å². The van der Waals surface area contributed by atoms with E-state index >= 15 is 0 Å². The standard InChI is InChI=1S/C20H21FN2O3/c1-26-18-9-5-3-7-16(18)20(25)23-12-10-22(11-13-23)19(24)14-15-6-2-4-8-17(15)21/h2-9H,10-14H2,1H3. The van der Waals surface area contributed by atoms with Crippen LogP contribution in [0, 0.1) is 5.82 Å². The molecule has 1 heterocycles. The molecular formula is C20H21FN2O3. The van der Waals surface area contributed by atoms with Crippen molar-refractivity contribution in [2.24, 2.45) is 0 Å². The van der Waals surface area contributed by atoms with Gasteiger partial charge in [0.1, 0.15) is 11.6 Å². The third-order valence-corrected chi connectivity index (χ3v) is 4.56. The smallest absolute Gasteiger partial charge is 0.257 e. The van der Waals surface area contributed by atoms with Crippen molar-refractivity contribution in [1.29, 1.82) is 0 Å². The average molecular weight is 356 g/mol. The lowest BCUT2D eigenvalue weighted by Gasteiger charge is -2.35. The van der Waals surface area contributed by atoms with Gasteiger partial charge in [0.05, 0.1) is 19.1 Å². The predicted octanol–water partition coefficient (Wildman–Crippen LogP) is 2.36. The van der Waals surface area contributed by atoms with Crippen LogP contribution >= 0.6 is 0 Å². The van der Waals surface area contributed by atoms with E-state index in [2.05, 4.69) is 0 Å². The number of hydrogen-bond acceptors (Lipinski definition) is 3. The Kier molecular flexibility index (Phi) is 5.51. The summed E-state index contributed by atoms with van der Waals surface area (Å²) in [6.45, 7) is 1.77. The molecule has 2 amide bonds. The molecule has 0 N–H and O–H groups in total. The lowest BCUT2D eigenvalue weighted by atomic mass is 10.1. The second kappa shape index (κ2) is 7.99. The molecule has 2 aromatic rings. The molecule has 0 radical (unpaired) electrons. The van der Waals surface area contributed by atoms with E-state index in [1.54, 1.807) is 46.2 Å². The molecule has 3 rings (SSSR count). The van der Waals surface area contributed by atoms with Crippen LogP contribution in [-0.2, 0) is 11.2 Å². The zero-order chi connectivity index (χ0) is 18.5. The molecule has 26 heavy (non-hydrogen) atoms. The molecule has 1 saturated heterocycles. The van der Waals surface area contributed by atoms with Crippen molar-refractivity contribution in [3.8, 4) is 5.75 Å². The maximum atomic E-state index is 13.7. The predicted molar refractivity (Wildman–Crippen MR) is 95.6 cm³/mol. The highest BCUT2D eigenvalue weighted by atomic mass is 19.1. The van der Waals surface area contributed by atoms with E-state index in [-0.39, 0.29) is 24.1 Å². The first-order chi connectivity index (χ1) is 12.6. The Morgan fingerprint density at radius 1 is 0.962 bits per heavy atom. The van der Waals surface area contributed by atoms with E-state index in [9.17, 15) is 14.0 Å². The summed E-state index contributed by atoms with van der Waals surface area (Å²) in [5.74, 6) is -0.0652. The minimum atomic E-state index is -0.370. The van der Waals surface area contributed by atoms with E-state index < -0.39 is 0 Å². The molecule has 1 fully saturated rings. The minimum Gasteiger partial charge on any atom is -0.496 e. The monoisotopic (exact) mass is 356 g/mol. The summed E-state index contributed by atoms with van der Waals surface area (Å²) in [4.78, 5) is 28.5. The van der Waals surface area contributed by atoms with E-state index in [4.69, 9.17) is 4.74 Å². The van der Waals surface area contributed by atoms with Crippen LogP contribution in [0.5, 0.6) is 5.75 Å². The second-order valence-corrected chi connectivity index (χ2v) is 6.14. The number of carbonyl (C=O) groups excluding carboxylic acids is 2. The first kappa shape index (κ1) is 17.9. The number of carbonyl (C=O) groups is 2. The number of ether oxygens (including phenoxy) is 1. The molecule has 0 aliphatic carbocycles. The lowest BCUT2D eigenvalue weighted by molar-refractivity contribution is -0.132. The van der Waals surface area contributed by atoms with Gasteiger partial charge in [-0.3, -0.25) is 9.59 Å². The summed E-state index contributed by atoms with van der Waals surface area (Å²) in [7, 11) is 1.53. The van der Waals surface area contributed by atoms with Crippen molar-refractivity contribution in [1.82, 2.24) is 9.80 Å². The molecular weight excluding hydrogens is 335 g/mol. The lowest BCUT2D eigenvalue weighted by Crippen LogP contribution is -2.51. The Labute approximate surface area is 152 Å². The van der Waals surface area contributed by atoms with E-state index in [0.29, 0.717) is 43.1 Å². The molecule has 0 bridgehead atoms. The molecule has 0 saturated carbocycles. The summed E-state index contributed by atoms with van der Waals surface area (Å²) >= 11 is 0.